The standard InChI is InChI=1S/C17H16F3N7O5/c1-9-14(27(30)31)15(17(18,19)20)24-26(9)8-12(28)22-11-7-25(2)23-13(11)16(29)21-6-10-4-3-5-32-10/h3-5,7H,6,8H2,1-2H3,(H,21,29)(H,22,28). The zero-order chi connectivity index (χ0) is 23.6. The van der Waals surface area contributed by atoms with Crippen molar-refractivity contribution in [1.29, 1.82) is 0 Å². The highest BCUT2D eigenvalue weighted by molar-refractivity contribution is 6.02. The van der Waals surface area contributed by atoms with Crippen LogP contribution in [0.5, 0.6) is 0 Å². The fraction of sp³-hybridized carbons (Fsp3) is 0.294. The first kappa shape index (κ1) is 22.5. The van der Waals surface area contributed by atoms with Crippen molar-refractivity contribution in [1.82, 2.24) is 24.9 Å². The van der Waals surface area contributed by atoms with Crippen molar-refractivity contribution in [2.24, 2.45) is 7.05 Å². The smallest absolute Gasteiger partial charge is 0.442 e. The third kappa shape index (κ3) is 4.76. The van der Waals surface area contributed by atoms with Crippen LogP contribution in [0.2, 0.25) is 0 Å². The summed E-state index contributed by atoms with van der Waals surface area (Å²) in [5.41, 5.74) is -3.53. The number of nitrogens with one attached hydrogen (secondary N) is 2. The van der Waals surface area contributed by atoms with Crippen molar-refractivity contribution < 1.29 is 32.1 Å². The maximum Gasteiger partial charge on any atom is 0.442 e. The summed E-state index contributed by atoms with van der Waals surface area (Å²) in [6.45, 7) is 0.350. The van der Waals surface area contributed by atoms with E-state index in [1.807, 2.05) is 0 Å². The molecule has 3 heterocycles. The molecule has 12 nitrogen and oxygen atoms in total. The highest BCUT2D eigenvalue weighted by Crippen LogP contribution is 2.36. The predicted molar refractivity (Wildman–Crippen MR) is 100 cm³/mol. The van der Waals surface area contributed by atoms with Crippen LogP contribution in [0.15, 0.2) is 29.0 Å². The summed E-state index contributed by atoms with van der Waals surface area (Å²) in [7, 11) is 1.50. The largest absolute Gasteiger partial charge is 0.467 e. The van der Waals surface area contributed by atoms with Crippen molar-refractivity contribution in [3.63, 3.8) is 0 Å². The number of aromatic nitrogens is 4. The summed E-state index contributed by atoms with van der Waals surface area (Å²) < 4.78 is 46.1. The van der Waals surface area contributed by atoms with E-state index >= 15 is 0 Å². The Labute approximate surface area is 177 Å². The normalized spacial score (nSPS) is 11.4. The van der Waals surface area contributed by atoms with Gasteiger partial charge < -0.3 is 15.1 Å². The third-order valence-corrected chi connectivity index (χ3v) is 4.24. The van der Waals surface area contributed by atoms with Gasteiger partial charge in [-0.3, -0.25) is 29.1 Å². The lowest BCUT2D eigenvalue weighted by Crippen LogP contribution is -2.26. The Hall–Kier alpha value is -4.17. The average molecular weight is 455 g/mol. The third-order valence-electron chi connectivity index (χ3n) is 4.24. The van der Waals surface area contributed by atoms with Crippen molar-refractivity contribution in [2.45, 2.75) is 26.2 Å². The Morgan fingerprint density at radius 1 is 1.31 bits per heavy atom. The molecule has 2 amide bonds. The molecular formula is C17H16F3N7O5. The van der Waals surface area contributed by atoms with E-state index in [9.17, 15) is 32.9 Å². The molecule has 0 atom stereocenters. The first-order valence-electron chi connectivity index (χ1n) is 8.90. The van der Waals surface area contributed by atoms with E-state index in [4.69, 9.17) is 4.42 Å². The van der Waals surface area contributed by atoms with Gasteiger partial charge in [0, 0.05) is 13.2 Å². The highest BCUT2D eigenvalue weighted by Gasteiger charge is 2.44. The van der Waals surface area contributed by atoms with Gasteiger partial charge in [-0.1, -0.05) is 0 Å². The van der Waals surface area contributed by atoms with Crippen LogP contribution in [-0.4, -0.2) is 36.3 Å². The van der Waals surface area contributed by atoms with E-state index in [0.29, 0.717) is 10.4 Å². The van der Waals surface area contributed by atoms with Gasteiger partial charge in [0.1, 0.15) is 18.0 Å². The van der Waals surface area contributed by atoms with Crippen LogP contribution < -0.4 is 10.6 Å². The molecule has 3 aromatic heterocycles. The molecule has 3 aromatic rings. The van der Waals surface area contributed by atoms with Crippen molar-refractivity contribution in [3.8, 4) is 0 Å². The molecule has 0 saturated carbocycles. The quantitative estimate of drug-likeness (QED) is 0.409. The van der Waals surface area contributed by atoms with E-state index in [1.54, 1.807) is 12.1 Å². The van der Waals surface area contributed by atoms with Crippen LogP contribution in [0.1, 0.15) is 27.6 Å². The molecule has 0 radical (unpaired) electrons. The zero-order valence-electron chi connectivity index (χ0n) is 16.6. The minimum absolute atomic E-state index is 0.00945. The number of furan rings is 1. The second-order valence-corrected chi connectivity index (χ2v) is 6.57. The number of aryl methyl sites for hydroxylation is 1. The lowest BCUT2D eigenvalue weighted by Gasteiger charge is -2.07. The van der Waals surface area contributed by atoms with Crippen molar-refractivity contribution in [3.05, 3.63) is 57.5 Å². The topological polar surface area (TPSA) is 150 Å². The Balaban J connectivity index is 1.76. The first-order valence-corrected chi connectivity index (χ1v) is 8.90. The van der Waals surface area contributed by atoms with E-state index in [1.165, 1.54) is 24.2 Å². The molecule has 0 aliphatic carbocycles. The van der Waals surface area contributed by atoms with E-state index in [0.717, 1.165) is 6.92 Å². The van der Waals surface area contributed by atoms with Gasteiger partial charge in [-0.2, -0.15) is 23.4 Å². The molecule has 0 aliphatic rings. The van der Waals surface area contributed by atoms with Crippen LogP contribution in [0.25, 0.3) is 0 Å². The second-order valence-electron chi connectivity index (χ2n) is 6.57. The van der Waals surface area contributed by atoms with Gasteiger partial charge in [-0.15, -0.1) is 0 Å². The number of alkyl halides is 3. The SMILES string of the molecule is Cc1c([N+](=O)[O-])c(C(F)(F)F)nn1CC(=O)Nc1cn(C)nc1C(=O)NCc1ccco1. The molecule has 3 rings (SSSR count). The minimum atomic E-state index is -5.07. The summed E-state index contributed by atoms with van der Waals surface area (Å²) >= 11 is 0. The van der Waals surface area contributed by atoms with Crippen LogP contribution >= 0.6 is 0 Å². The molecule has 0 unspecified atom stereocenters. The number of rotatable bonds is 7. The number of nitrogens with zero attached hydrogens (tertiary/aromatic N) is 5. The lowest BCUT2D eigenvalue weighted by molar-refractivity contribution is -0.388. The second kappa shape index (κ2) is 8.52. The summed E-state index contributed by atoms with van der Waals surface area (Å²) in [5, 5.41) is 23.1. The lowest BCUT2D eigenvalue weighted by atomic mass is 10.3. The zero-order valence-corrected chi connectivity index (χ0v) is 16.6. The number of amides is 2. The Morgan fingerprint density at radius 2 is 2.03 bits per heavy atom. The summed E-state index contributed by atoms with van der Waals surface area (Å²) in [4.78, 5) is 34.6. The molecule has 15 heteroatoms. The highest BCUT2D eigenvalue weighted by atomic mass is 19.4. The fourth-order valence-electron chi connectivity index (χ4n) is 2.84. The minimum Gasteiger partial charge on any atom is -0.467 e. The van der Waals surface area contributed by atoms with Gasteiger partial charge in [-0.25, -0.2) is 0 Å². The van der Waals surface area contributed by atoms with Gasteiger partial charge in [-0.05, 0) is 19.1 Å². The van der Waals surface area contributed by atoms with Crippen LogP contribution in [0.4, 0.5) is 24.5 Å². The molecule has 0 aromatic carbocycles. The first-order chi connectivity index (χ1) is 15.0. The molecule has 32 heavy (non-hydrogen) atoms. The molecule has 0 aliphatic heterocycles. The molecule has 0 spiro atoms. The summed E-state index contributed by atoms with van der Waals surface area (Å²) in [6, 6.07) is 3.28. The number of nitro groups is 1. The van der Waals surface area contributed by atoms with E-state index in [2.05, 4.69) is 20.8 Å². The fourth-order valence-corrected chi connectivity index (χ4v) is 2.84. The molecule has 2 N–H and O–H groups in total. The van der Waals surface area contributed by atoms with Crippen molar-refractivity contribution in [2.75, 3.05) is 5.32 Å². The van der Waals surface area contributed by atoms with Gasteiger partial charge in [0.05, 0.1) is 23.4 Å². The maximum absolute atomic E-state index is 13.1. The van der Waals surface area contributed by atoms with Gasteiger partial charge in [0.2, 0.25) is 11.6 Å². The van der Waals surface area contributed by atoms with Gasteiger partial charge in [0.25, 0.3) is 5.91 Å². The molecular weight excluding hydrogens is 439 g/mol. The summed E-state index contributed by atoms with van der Waals surface area (Å²) in [6.07, 6.45) is -2.32. The Kier molecular flexibility index (Phi) is 6.00. The van der Waals surface area contributed by atoms with E-state index < -0.39 is 46.5 Å². The monoisotopic (exact) mass is 455 g/mol. The summed E-state index contributed by atoms with van der Waals surface area (Å²) in [5.74, 6) is -1.02. The van der Waals surface area contributed by atoms with Gasteiger partial charge >= 0.3 is 11.9 Å². The maximum atomic E-state index is 13.1. The molecule has 0 bridgehead atoms. The average Bonchev–Trinajstić information content (AvgIpc) is 3.39. The number of halogens is 3. The van der Waals surface area contributed by atoms with Crippen LogP contribution in [0, 0.1) is 17.0 Å². The molecule has 0 saturated heterocycles. The van der Waals surface area contributed by atoms with Crippen LogP contribution in [0.3, 0.4) is 0 Å². The number of hydrogen-bond acceptors (Lipinski definition) is 7. The molecule has 0 fully saturated rings. The number of anilines is 1. The number of carbonyl (C=O) groups excluding carboxylic acids is 2. The van der Waals surface area contributed by atoms with Gasteiger partial charge in [0.15, 0.2) is 5.69 Å². The number of carbonyl (C=O) groups is 2. The predicted octanol–water partition coefficient (Wildman–Crippen LogP) is 2.01. The molecule has 170 valence electrons. The Bertz CT molecular complexity index is 1160. The van der Waals surface area contributed by atoms with Crippen molar-refractivity contribution >= 4 is 23.2 Å². The van der Waals surface area contributed by atoms with E-state index in [-0.39, 0.29) is 17.9 Å². The Morgan fingerprint density at radius 3 is 2.59 bits per heavy atom. The number of hydrogen-bond donors (Lipinski definition) is 2. The van der Waals surface area contributed by atoms with Crippen LogP contribution in [-0.2, 0) is 31.1 Å².